The zero-order valence-electron chi connectivity index (χ0n) is 8.60. The van der Waals surface area contributed by atoms with Gasteiger partial charge in [-0.2, -0.15) is 0 Å². The van der Waals surface area contributed by atoms with E-state index in [1.807, 2.05) is 0 Å². The number of carboxylic acid groups (broad SMARTS) is 1. The van der Waals surface area contributed by atoms with Crippen LogP contribution in [0.5, 0.6) is 0 Å². The van der Waals surface area contributed by atoms with E-state index in [9.17, 15) is 9.59 Å². The standard InChI is InChI=1S/C10H15NO4/c1-15-8-4-2-3-7(8)11-9(12)5-6-10(13)14/h5-8H,2-4H2,1H3,(H,11,12)(H,13,14). The van der Waals surface area contributed by atoms with Crippen LogP contribution >= 0.6 is 0 Å². The molecule has 1 fully saturated rings. The van der Waals surface area contributed by atoms with Crippen molar-refractivity contribution < 1.29 is 19.4 Å². The Morgan fingerprint density at radius 2 is 2.13 bits per heavy atom. The summed E-state index contributed by atoms with van der Waals surface area (Å²) < 4.78 is 5.20. The molecule has 0 saturated heterocycles. The zero-order valence-corrected chi connectivity index (χ0v) is 8.60. The Kier molecular flexibility index (Phi) is 4.30. The Labute approximate surface area is 88.1 Å². The van der Waals surface area contributed by atoms with Crippen LogP contribution in [0.3, 0.4) is 0 Å². The summed E-state index contributed by atoms with van der Waals surface area (Å²) in [4.78, 5) is 21.4. The molecule has 1 amide bonds. The van der Waals surface area contributed by atoms with E-state index >= 15 is 0 Å². The van der Waals surface area contributed by atoms with Gasteiger partial charge in [0.1, 0.15) is 0 Å². The number of hydrogen-bond acceptors (Lipinski definition) is 3. The molecule has 5 heteroatoms. The first kappa shape index (κ1) is 11.7. The van der Waals surface area contributed by atoms with Crippen molar-refractivity contribution >= 4 is 11.9 Å². The minimum atomic E-state index is -1.13. The molecule has 0 aromatic heterocycles. The fraction of sp³-hybridized carbons (Fsp3) is 0.600. The monoisotopic (exact) mass is 213 g/mol. The molecule has 5 nitrogen and oxygen atoms in total. The van der Waals surface area contributed by atoms with Crippen molar-refractivity contribution in [2.75, 3.05) is 7.11 Å². The number of carbonyl (C=O) groups excluding carboxylic acids is 1. The number of carbonyl (C=O) groups is 2. The average molecular weight is 213 g/mol. The van der Waals surface area contributed by atoms with Crippen LogP contribution in [0.15, 0.2) is 12.2 Å². The lowest BCUT2D eigenvalue weighted by Crippen LogP contribution is -2.39. The molecule has 0 aliphatic heterocycles. The predicted octanol–water partition coefficient (Wildman–Crippen LogP) is 0.311. The molecular formula is C10H15NO4. The number of hydrogen-bond donors (Lipinski definition) is 2. The van der Waals surface area contributed by atoms with Crippen LogP contribution in [-0.4, -0.2) is 36.2 Å². The van der Waals surface area contributed by atoms with E-state index in [1.165, 1.54) is 0 Å². The molecule has 0 heterocycles. The summed E-state index contributed by atoms with van der Waals surface area (Å²) in [5.41, 5.74) is 0. The van der Waals surface area contributed by atoms with Crippen molar-refractivity contribution in [3.63, 3.8) is 0 Å². The van der Waals surface area contributed by atoms with Crippen LogP contribution in [0.1, 0.15) is 19.3 Å². The van der Waals surface area contributed by atoms with Gasteiger partial charge < -0.3 is 15.2 Å². The highest BCUT2D eigenvalue weighted by molar-refractivity contribution is 5.94. The van der Waals surface area contributed by atoms with E-state index in [-0.39, 0.29) is 18.1 Å². The topological polar surface area (TPSA) is 75.6 Å². The second-order valence-electron chi connectivity index (χ2n) is 3.49. The Bertz CT molecular complexity index is 275. The third kappa shape index (κ3) is 3.71. The smallest absolute Gasteiger partial charge is 0.328 e. The van der Waals surface area contributed by atoms with Gasteiger partial charge in [-0.25, -0.2) is 4.79 Å². The van der Waals surface area contributed by atoms with Crippen LogP contribution in [0.4, 0.5) is 0 Å². The van der Waals surface area contributed by atoms with Crippen LogP contribution in [0.25, 0.3) is 0 Å². The number of methoxy groups -OCH3 is 1. The number of carboxylic acids is 1. The van der Waals surface area contributed by atoms with Crippen molar-refractivity contribution in [1.82, 2.24) is 5.32 Å². The summed E-state index contributed by atoms with van der Waals surface area (Å²) in [5.74, 6) is -1.51. The molecule has 0 aromatic carbocycles. The molecule has 1 rings (SSSR count). The molecule has 0 bridgehead atoms. The average Bonchev–Trinajstić information content (AvgIpc) is 2.62. The van der Waals surface area contributed by atoms with Gasteiger partial charge in [0, 0.05) is 19.3 Å². The SMILES string of the molecule is COC1CCCC1NC(=O)C=CC(=O)O. The maximum Gasteiger partial charge on any atom is 0.328 e. The number of amides is 1. The Balaban J connectivity index is 2.40. The Hall–Kier alpha value is -1.36. The molecule has 0 aromatic rings. The number of nitrogens with one attached hydrogen (secondary N) is 1. The summed E-state index contributed by atoms with van der Waals surface area (Å²) in [6.45, 7) is 0. The number of ether oxygens (including phenoxy) is 1. The molecule has 2 N–H and O–H groups in total. The van der Waals surface area contributed by atoms with Gasteiger partial charge in [-0.05, 0) is 19.3 Å². The second kappa shape index (κ2) is 5.50. The fourth-order valence-corrected chi connectivity index (χ4v) is 1.75. The van der Waals surface area contributed by atoms with E-state index in [1.54, 1.807) is 7.11 Å². The van der Waals surface area contributed by atoms with Crippen molar-refractivity contribution in [2.24, 2.45) is 0 Å². The lowest BCUT2D eigenvalue weighted by atomic mass is 10.2. The van der Waals surface area contributed by atoms with Gasteiger partial charge in [-0.1, -0.05) is 0 Å². The lowest BCUT2D eigenvalue weighted by molar-refractivity contribution is -0.131. The molecule has 84 valence electrons. The largest absolute Gasteiger partial charge is 0.478 e. The summed E-state index contributed by atoms with van der Waals surface area (Å²) >= 11 is 0. The highest BCUT2D eigenvalue weighted by Gasteiger charge is 2.27. The van der Waals surface area contributed by atoms with Gasteiger partial charge >= 0.3 is 5.97 Å². The maximum atomic E-state index is 11.2. The Morgan fingerprint density at radius 3 is 2.73 bits per heavy atom. The molecule has 2 atom stereocenters. The van der Waals surface area contributed by atoms with Gasteiger partial charge in [0.05, 0.1) is 12.1 Å². The van der Waals surface area contributed by atoms with Gasteiger partial charge in [-0.3, -0.25) is 4.79 Å². The zero-order chi connectivity index (χ0) is 11.3. The van der Waals surface area contributed by atoms with E-state index in [2.05, 4.69) is 5.32 Å². The van der Waals surface area contributed by atoms with Gasteiger partial charge in [0.25, 0.3) is 0 Å². The maximum absolute atomic E-state index is 11.2. The molecule has 2 unspecified atom stereocenters. The number of rotatable bonds is 4. The van der Waals surface area contributed by atoms with Crippen LogP contribution in [0.2, 0.25) is 0 Å². The van der Waals surface area contributed by atoms with Gasteiger partial charge in [0.15, 0.2) is 0 Å². The first-order valence-electron chi connectivity index (χ1n) is 4.87. The summed E-state index contributed by atoms with van der Waals surface area (Å²) in [5, 5.41) is 11.1. The van der Waals surface area contributed by atoms with Gasteiger partial charge in [-0.15, -0.1) is 0 Å². The fourth-order valence-electron chi connectivity index (χ4n) is 1.75. The minimum absolute atomic E-state index is 0.000875. The van der Waals surface area contributed by atoms with Crippen LogP contribution in [0, 0.1) is 0 Å². The van der Waals surface area contributed by atoms with Crippen molar-refractivity contribution in [1.29, 1.82) is 0 Å². The van der Waals surface area contributed by atoms with Crippen LogP contribution in [-0.2, 0) is 14.3 Å². The van der Waals surface area contributed by atoms with Crippen molar-refractivity contribution in [3.05, 3.63) is 12.2 Å². The minimum Gasteiger partial charge on any atom is -0.478 e. The molecule has 0 radical (unpaired) electrons. The quantitative estimate of drug-likeness (QED) is 0.659. The van der Waals surface area contributed by atoms with Crippen molar-refractivity contribution in [2.45, 2.75) is 31.4 Å². The predicted molar refractivity (Wildman–Crippen MR) is 53.4 cm³/mol. The van der Waals surface area contributed by atoms with Crippen LogP contribution < -0.4 is 5.32 Å². The second-order valence-corrected chi connectivity index (χ2v) is 3.49. The molecule has 0 spiro atoms. The summed E-state index contributed by atoms with van der Waals surface area (Å²) in [6.07, 6.45) is 4.73. The van der Waals surface area contributed by atoms with E-state index in [0.29, 0.717) is 0 Å². The number of aliphatic carboxylic acids is 1. The van der Waals surface area contributed by atoms with E-state index in [0.717, 1.165) is 31.4 Å². The Morgan fingerprint density at radius 1 is 1.40 bits per heavy atom. The molecular weight excluding hydrogens is 198 g/mol. The summed E-state index contributed by atoms with van der Waals surface area (Å²) in [7, 11) is 1.61. The molecule has 1 aliphatic rings. The highest BCUT2D eigenvalue weighted by atomic mass is 16.5. The summed E-state index contributed by atoms with van der Waals surface area (Å²) in [6, 6.07) is 0.000875. The third-order valence-corrected chi connectivity index (χ3v) is 2.46. The lowest BCUT2D eigenvalue weighted by Gasteiger charge is -2.18. The first-order chi connectivity index (χ1) is 7.13. The molecule has 1 saturated carbocycles. The molecule has 1 aliphatic carbocycles. The van der Waals surface area contributed by atoms with E-state index in [4.69, 9.17) is 9.84 Å². The van der Waals surface area contributed by atoms with E-state index < -0.39 is 5.97 Å². The van der Waals surface area contributed by atoms with Gasteiger partial charge in [0.2, 0.25) is 5.91 Å². The molecule has 15 heavy (non-hydrogen) atoms. The normalized spacial score (nSPS) is 25.7. The first-order valence-corrected chi connectivity index (χ1v) is 4.87. The third-order valence-electron chi connectivity index (χ3n) is 2.46. The van der Waals surface area contributed by atoms with Crippen molar-refractivity contribution in [3.8, 4) is 0 Å². The highest BCUT2D eigenvalue weighted by Crippen LogP contribution is 2.21.